The Labute approximate surface area is 136 Å². The summed E-state index contributed by atoms with van der Waals surface area (Å²) in [5.74, 6) is -0.389. The highest BCUT2D eigenvalue weighted by Crippen LogP contribution is 2.13. The maximum absolute atomic E-state index is 11.9. The van der Waals surface area contributed by atoms with E-state index in [1.807, 2.05) is 50.2 Å². The van der Waals surface area contributed by atoms with Crippen LogP contribution in [0.25, 0.3) is 10.9 Å². The molecule has 1 N–H and O–H groups in total. The molecule has 1 atom stereocenters. The van der Waals surface area contributed by atoms with Crippen LogP contribution >= 0.6 is 0 Å². The van der Waals surface area contributed by atoms with Gasteiger partial charge in [0.25, 0.3) is 0 Å². The number of nitrogens with one attached hydrogen (secondary N) is 1. The van der Waals surface area contributed by atoms with Gasteiger partial charge in [-0.1, -0.05) is 38.1 Å². The van der Waals surface area contributed by atoms with Crippen molar-refractivity contribution in [1.29, 1.82) is 0 Å². The number of amides is 1. The minimum absolute atomic E-state index is 0.156. The van der Waals surface area contributed by atoms with Crippen molar-refractivity contribution < 1.29 is 14.3 Å². The average molecular weight is 314 g/mol. The van der Waals surface area contributed by atoms with Gasteiger partial charge in [-0.25, -0.2) is 4.79 Å². The molecule has 0 saturated carbocycles. The number of esters is 1. The van der Waals surface area contributed by atoms with E-state index < -0.39 is 12.0 Å². The molecule has 0 aliphatic rings. The van der Waals surface area contributed by atoms with Crippen molar-refractivity contribution >= 4 is 22.8 Å². The zero-order chi connectivity index (χ0) is 16.8. The number of carbonyl (C=O) groups is 2. The molecule has 0 unspecified atom stereocenters. The van der Waals surface area contributed by atoms with Crippen LogP contribution in [0, 0.1) is 5.92 Å². The summed E-state index contributed by atoms with van der Waals surface area (Å²) >= 11 is 0. The Hall–Kier alpha value is -2.43. The summed E-state index contributed by atoms with van der Waals surface area (Å²) in [7, 11) is 1.32. The van der Waals surface area contributed by atoms with Crippen molar-refractivity contribution in [2.24, 2.45) is 5.92 Å². The van der Waals surface area contributed by atoms with E-state index in [1.54, 1.807) is 0 Å². The van der Waals surface area contributed by atoms with Crippen LogP contribution in [0.2, 0.25) is 0 Å². The van der Waals surface area contributed by atoms with Crippen LogP contribution in [0.3, 0.4) is 0 Å². The van der Waals surface area contributed by atoms with E-state index in [-0.39, 0.29) is 11.8 Å². The molecule has 5 nitrogen and oxygen atoms in total. The minimum Gasteiger partial charge on any atom is -0.467 e. The Kier molecular flexibility index (Phi) is 5.68. The second kappa shape index (κ2) is 7.72. The summed E-state index contributed by atoms with van der Waals surface area (Å²) in [5.41, 5.74) is 1.60. The van der Waals surface area contributed by atoms with Gasteiger partial charge in [0.2, 0.25) is 5.91 Å². The van der Waals surface area contributed by atoms with Crippen molar-refractivity contribution in [1.82, 2.24) is 10.3 Å². The highest BCUT2D eigenvalue weighted by Gasteiger charge is 2.22. The van der Waals surface area contributed by atoms with Gasteiger partial charge in [-0.15, -0.1) is 0 Å². The largest absolute Gasteiger partial charge is 0.467 e. The number of para-hydroxylation sites is 1. The monoisotopic (exact) mass is 314 g/mol. The molecule has 0 fully saturated rings. The topological polar surface area (TPSA) is 68.3 Å². The molecular formula is C18H22N2O3. The zero-order valence-corrected chi connectivity index (χ0v) is 13.7. The van der Waals surface area contributed by atoms with E-state index >= 15 is 0 Å². The van der Waals surface area contributed by atoms with Gasteiger partial charge in [0.05, 0.1) is 12.6 Å². The number of nitrogens with zero attached hydrogens (tertiary/aromatic N) is 1. The Morgan fingerprint density at radius 3 is 2.61 bits per heavy atom. The van der Waals surface area contributed by atoms with E-state index in [1.165, 1.54) is 7.11 Å². The lowest BCUT2D eigenvalue weighted by molar-refractivity contribution is -0.145. The third-order valence-electron chi connectivity index (χ3n) is 3.48. The van der Waals surface area contributed by atoms with E-state index in [2.05, 4.69) is 10.3 Å². The van der Waals surface area contributed by atoms with Gasteiger partial charge in [-0.2, -0.15) is 0 Å². The second-order valence-corrected chi connectivity index (χ2v) is 5.94. The van der Waals surface area contributed by atoms with Crippen molar-refractivity contribution in [3.63, 3.8) is 0 Å². The molecule has 5 heteroatoms. The van der Waals surface area contributed by atoms with Crippen LogP contribution in [0.4, 0.5) is 0 Å². The number of carbonyl (C=O) groups excluding carboxylic acids is 2. The molecule has 1 aromatic heterocycles. The molecule has 23 heavy (non-hydrogen) atoms. The molecule has 0 radical (unpaired) electrons. The van der Waals surface area contributed by atoms with Gasteiger partial charge in [-0.05, 0) is 18.1 Å². The van der Waals surface area contributed by atoms with Crippen molar-refractivity contribution in [2.45, 2.75) is 32.7 Å². The molecule has 0 bridgehead atoms. The molecule has 2 rings (SSSR count). The third-order valence-corrected chi connectivity index (χ3v) is 3.48. The molecule has 1 heterocycles. The fourth-order valence-electron chi connectivity index (χ4n) is 2.39. The Morgan fingerprint density at radius 1 is 1.17 bits per heavy atom. The van der Waals surface area contributed by atoms with Crippen LogP contribution in [0.15, 0.2) is 36.4 Å². The number of fused-ring (bicyclic) bond motifs is 1. The van der Waals surface area contributed by atoms with Gasteiger partial charge >= 0.3 is 5.97 Å². The van der Waals surface area contributed by atoms with E-state index in [9.17, 15) is 9.59 Å². The van der Waals surface area contributed by atoms with Gasteiger partial charge in [0.1, 0.15) is 6.04 Å². The number of pyridine rings is 1. The number of hydrogen-bond acceptors (Lipinski definition) is 4. The fourth-order valence-corrected chi connectivity index (χ4v) is 2.39. The normalized spacial score (nSPS) is 12.2. The number of aromatic nitrogens is 1. The molecule has 0 saturated heterocycles. The molecule has 1 aromatic carbocycles. The quantitative estimate of drug-likeness (QED) is 0.832. The lowest BCUT2D eigenvalue weighted by Crippen LogP contribution is -2.43. The molecular weight excluding hydrogens is 292 g/mol. The number of methoxy groups -OCH3 is 1. The third kappa shape index (κ3) is 4.77. The van der Waals surface area contributed by atoms with Crippen molar-refractivity contribution in [3.8, 4) is 0 Å². The number of rotatable bonds is 6. The van der Waals surface area contributed by atoms with Crippen LogP contribution < -0.4 is 5.32 Å². The predicted molar refractivity (Wildman–Crippen MR) is 88.8 cm³/mol. The average Bonchev–Trinajstić information content (AvgIpc) is 2.52. The minimum atomic E-state index is -0.722. The highest BCUT2D eigenvalue weighted by molar-refractivity contribution is 5.85. The van der Waals surface area contributed by atoms with Crippen LogP contribution in [-0.4, -0.2) is 30.0 Å². The number of benzene rings is 1. The predicted octanol–water partition coefficient (Wildman–Crippen LogP) is 2.48. The molecule has 0 spiro atoms. The Balaban J connectivity index is 2.15. The standard InChI is InChI=1S/C18H22N2O3/c1-12(2)10-17(21)20-16(18(22)23-3)11-14-9-8-13-6-4-5-7-15(13)19-14/h4-9,12,16H,10-11H2,1-3H3,(H,20,21)/t16-/m0/s1. The maximum Gasteiger partial charge on any atom is 0.328 e. The van der Waals surface area contributed by atoms with Crippen molar-refractivity contribution in [3.05, 3.63) is 42.1 Å². The smallest absolute Gasteiger partial charge is 0.328 e. The van der Waals surface area contributed by atoms with Crippen LogP contribution in [0.1, 0.15) is 26.0 Å². The SMILES string of the molecule is COC(=O)[C@H](Cc1ccc2ccccc2n1)NC(=O)CC(C)C. The number of ether oxygens (including phenoxy) is 1. The molecule has 0 aliphatic carbocycles. The first-order valence-corrected chi connectivity index (χ1v) is 7.71. The van der Waals surface area contributed by atoms with Gasteiger partial charge in [0.15, 0.2) is 0 Å². The van der Waals surface area contributed by atoms with E-state index in [0.29, 0.717) is 12.8 Å². The summed E-state index contributed by atoms with van der Waals surface area (Å²) in [6.07, 6.45) is 0.681. The highest BCUT2D eigenvalue weighted by atomic mass is 16.5. The van der Waals surface area contributed by atoms with Gasteiger partial charge in [-0.3, -0.25) is 9.78 Å². The second-order valence-electron chi connectivity index (χ2n) is 5.94. The summed E-state index contributed by atoms with van der Waals surface area (Å²) in [6, 6.07) is 10.9. The molecule has 0 aliphatic heterocycles. The van der Waals surface area contributed by atoms with Crippen molar-refractivity contribution in [2.75, 3.05) is 7.11 Å². The molecule has 122 valence electrons. The summed E-state index contributed by atoms with van der Waals surface area (Å²) in [6.45, 7) is 3.91. The molecule has 2 aromatic rings. The first-order valence-electron chi connectivity index (χ1n) is 7.71. The fraction of sp³-hybridized carbons (Fsp3) is 0.389. The van der Waals surface area contributed by atoms with Crippen LogP contribution in [0.5, 0.6) is 0 Å². The summed E-state index contributed by atoms with van der Waals surface area (Å²) < 4.78 is 4.80. The first kappa shape index (κ1) is 16.9. The van der Waals surface area contributed by atoms with Gasteiger partial charge < -0.3 is 10.1 Å². The summed E-state index contributed by atoms with van der Waals surface area (Å²) in [4.78, 5) is 28.4. The lowest BCUT2D eigenvalue weighted by atomic mass is 10.1. The zero-order valence-electron chi connectivity index (χ0n) is 13.7. The maximum atomic E-state index is 11.9. The van der Waals surface area contributed by atoms with Crippen LogP contribution in [-0.2, 0) is 20.7 Å². The Morgan fingerprint density at radius 2 is 1.91 bits per heavy atom. The summed E-state index contributed by atoms with van der Waals surface area (Å²) in [5, 5.41) is 3.78. The number of hydrogen-bond donors (Lipinski definition) is 1. The Bertz CT molecular complexity index is 697. The lowest BCUT2D eigenvalue weighted by Gasteiger charge is -2.17. The van der Waals surface area contributed by atoms with E-state index in [0.717, 1.165) is 16.6 Å². The first-order chi connectivity index (χ1) is 11.0. The van der Waals surface area contributed by atoms with E-state index in [4.69, 9.17) is 4.74 Å². The molecule has 1 amide bonds. The van der Waals surface area contributed by atoms with Gasteiger partial charge in [0, 0.05) is 23.9 Å².